The van der Waals surface area contributed by atoms with Crippen molar-refractivity contribution in [3.05, 3.63) is 35.6 Å². The molecule has 2 saturated carbocycles. The van der Waals surface area contributed by atoms with E-state index < -0.39 is 0 Å². The first-order chi connectivity index (χ1) is 10.3. The Balaban J connectivity index is 1.29. The highest BCUT2D eigenvalue weighted by Gasteiger charge is 2.42. The Morgan fingerprint density at radius 3 is 2.33 bits per heavy atom. The molecule has 0 aromatic heterocycles. The van der Waals surface area contributed by atoms with Gasteiger partial charge in [0.25, 0.3) is 0 Å². The van der Waals surface area contributed by atoms with Crippen LogP contribution in [-0.2, 0) is 6.54 Å². The summed E-state index contributed by atoms with van der Waals surface area (Å²) in [4.78, 5) is 5.27. The second-order valence-electron chi connectivity index (χ2n) is 7.18. The van der Waals surface area contributed by atoms with Gasteiger partial charge < -0.3 is 0 Å². The molecular formula is C18H25FN2. The number of piperazine rings is 1. The average Bonchev–Trinajstić information content (AvgIpc) is 3.13. The molecule has 21 heavy (non-hydrogen) atoms. The molecule has 0 unspecified atom stereocenters. The molecule has 3 aliphatic rings. The predicted octanol–water partition coefficient (Wildman–Crippen LogP) is 3.13. The summed E-state index contributed by atoms with van der Waals surface area (Å²) in [5.74, 6) is 1.90. The van der Waals surface area contributed by atoms with Crippen molar-refractivity contribution in [1.82, 2.24) is 9.80 Å². The number of benzene rings is 1. The van der Waals surface area contributed by atoms with Crippen LogP contribution in [0.15, 0.2) is 24.3 Å². The van der Waals surface area contributed by atoms with Gasteiger partial charge >= 0.3 is 0 Å². The minimum absolute atomic E-state index is 0.139. The average molecular weight is 288 g/mol. The van der Waals surface area contributed by atoms with Gasteiger partial charge in [0.1, 0.15) is 5.82 Å². The minimum Gasteiger partial charge on any atom is -0.298 e. The van der Waals surface area contributed by atoms with Gasteiger partial charge in [-0.1, -0.05) is 18.6 Å². The molecule has 3 heteroatoms. The second kappa shape index (κ2) is 5.69. The van der Waals surface area contributed by atoms with Crippen molar-refractivity contribution in [2.24, 2.45) is 11.8 Å². The Morgan fingerprint density at radius 2 is 1.71 bits per heavy atom. The summed E-state index contributed by atoms with van der Waals surface area (Å²) in [6.07, 6.45) is 5.93. The normalized spacial score (nSPS) is 33.7. The van der Waals surface area contributed by atoms with Crippen LogP contribution in [0.25, 0.3) is 0 Å². The maximum Gasteiger partial charge on any atom is 0.123 e. The lowest BCUT2D eigenvalue weighted by Gasteiger charge is -2.41. The lowest BCUT2D eigenvalue weighted by atomic mass is 9.93. The van der Waals surface area contributed by atoms with E-state index in [1.165, 1.54) is 44.3 Å². The number of halogens is 1. The molecule has 2 nitrogen and oxygen atoms in total. The van der Waals surface area contributed by atoms with Gasteiger partial charge in [-0.2, -0.15) is 0 Å². The van der Waals surface area contributed by atoms with Crippen LogP contribution in [0.3, 0.4) is 0 Å². The summed E-state index contributed by atoms with van der Waals surface area (Å²) in [5, 5.41) is 0. The lowest BCUT2D eigenvalue weighted by molar-refractivity contribution is 0.0679. The van der Waals surface area contributed by atoms with Gasteiger partial charge in [0.15, 0.2) is 0 Å². The third kappa shape index (κ3) is 2.86. The number of hydrogen-bond donors (Lipinski definition) is 0. The fourth-order valence-corrected chi connectivity index (χ4v) is 4.76. The van der Waals surface area contributed by atoms with E-state index in [-0.39, 0.29) is 5.82 Å². The quantitative estimate of drug-likeness (QED) is 0.843. The zero-order valence-corrected chi connectivity index (χ0v) is 12.7. The smallest absolute Gasteiger partial charge is 0.123 e. The van der Waals surface area contributed by atoms with Gasteiger partial charge in [0, 0.05) is 38.8 Å². The fourth-order valence-electron chi connectivity index (χ4n) is 4.76. The first kappa shape index (κ1) is 13.7. The summed E-state index contributed by atoms with van der Waals surface area (Å²) >= 11 is 0. The van der Waals surface area contributed by atoms with Crippen LogP contribution in [0, 0.1) is 17.7 Å². The number of rotatable bonds is 3. The molecule has 0 radical (unpaired) electrons. The maximum absolute atomic E-state index is 12.9. The van der Waals surface area contributed by atoms with E-state index in [9.17, 15) is 4.39 Å². The highest BCUT2D eigenvalue weighted by atomic mass is 19.1. The molecule has 4 rings (SSSR count). The molecule has 2 aliphatic carbocycles. The largest absolute Gasteiger partial charge is 0.298 e. The molecule has 1 heterocycles. The van der Waals surface area contributed by atoms with Gasteiger partial charge in [-0.15, -0.1) is 0 Å². The number of fused-ring (bicyclic) bond motifs is 2. The Bertz CT molecular complexity index is 478. The maximum atomic E-state index is 12.9. The van der Waals surface area contributed by atoms with E-state index in [0.717, 1.165) is 37.5 Å². The Labute approximate surface area is 126 Å². The first-order valence-corrected chi connectivity index (χ1v) is 8.49. The van der Waals surface area contributed by atoms with Crippen molar-refractivity contribution in [3.8, 4) is 0 Å². The zero-order chi connectivity index (χ0) is 14.2. The second-order valence-corrected chi connectivity index (χ2v) is 7.18. The van der Waals surface area contributed by atoms with Gasteiger partial charge in [-0.05, 0) is 48.8 Å². The zero-order valence-electron chi connectivity index (χ0n) is 12.7. The van der Waals surface area contributed by atoms with Gasteiger partial charge in [0.2, 0.25) is 0 Å². The highest BCUT2D eigenvalue weighted by Crippen LogP contribution is 2.46. The summed E-state index contributed by atoms with van der Waals surface area (Å²) in [6, 6.07) is 7.86. The summed E-state index contributed by atoms with van der Waals surface area (Å²) < 4.78 is 12.9. The van der Waals surface area contributed by atoms with Crippen LogP contribution in [0.5, 0.6) is 0 Å². The fraction of sp³-hybridized carbons (Fsp3) is 0.667. The van der Waals surface area contributed by atoms with Crippen LogP contribution in [0.1, 0.15) is 31.2 Å². The van der Waals surface area contributed by atoms with E-state index in [1.54, 1.807) is 12.1 Å². The SMILES string of the molecule is Fc1ccc(CN2CCN([C@@H]3C[C@@H]4CC[C@@H]3C4)CC2)cc1. The van der Waals surface area contributed by atoms with Crippen molar-refractivity contribution >= 4 is 0 Å². The molecule has 0 amide bonds. The van der Waals surface area contributed by atoms with Crippen LogP contribution in [0.2, 0.25) is 0 Å². The topological polar surface area (TPSA) is 6.48 Å². The first-order valence-electron chi connectivity index (χ1n) is 8.49. The van der Waals surface area contributed by atoms with Crippen LogP contribution in [0.4, 0.5) is 4.39 Å². The van der Waals surface area contributed by atoms with Gasteiger partial charge in [0.05, 0.1) is 0 Å². The lowest BCUT2D eigenvalue weighted by Crippen LogP contribution is -2.51. The molecule has 114 valence electrons. The van der Waals surface area contributed by atoms with Crippen LogP contribution in [-0.4, -0.2) is 42.0 Å². The molecule has 3 atom stereocenters. The van der Waals surface area contributed by atoms with Crippen molar-refractivity contribution in [2.75, 3.05) is 26.2 Å². The Kier molecular flexibility index (Phi) is 3.72. The van der Waals surface area contributed by atoms with Crippen molar-refractivity contribution in [1.29, 1.82) is 0 Å². The standard InChI is InChI=1S/C18H25FN2/c19-17-5-2-14(3-6-17)13-20-7-9-21(10-8-20)18-12-15-1-4-16(18)11-15/h2-3,5-6,15-16,18H,1,4,7-13H2/t15-,16-,18-/m1/s1. The van der Waals surface area contributed by atoms with Gasteiger partial charge in [-0.3, -0.25) is 9.80 Å². The van der Waals surface area contributed by atoms with Crippen molar-refractivity contribution < 1.29 is 4.39 Å². The Hall–Kier alpha value is -0.930. The summed E-state index contributed by atoms with van der Waals surface area (Å²) in [7, 11) is 0. The van der Waals surface area contributed by atoms with E-state index in [1.807, 2.05) is 12.1 Å². The van der Waals surface area contributed by atoms with E-state index in [4.69, 9.17) is 0 Å². The van der Waals surface area contributed by atoms with Crippen molar-refractivity contribution in [3.63, 3.8) is 0 Å². The third-order valence-electron chi connectivity index (χ3n) is 5.90. The minimum atomic E-state index is -0.139. The monoisotopic (exact) mass is 288 g/mol. The molecule has 1 saturated heterocycles. The third-order valence-corrected chi connectivity index (χ3v) is 5.90. The molecule has 1 aromatic rings. The summed E-state index contributed by atoms with van der Waals surface area (Å²) in [6.45, 7) is 5.71. The van der Waals surface area contributed by atoms with Crippen molar-refractivity contribution in [2.45, 2.75) is 38.3 Å². The molecule has 0 N–H and O–H groups in total. The molecular weight excluding hydrogens is 263 g/mol. The van der Waals surface area contributed by atoms with E-state index in [2.05, 4.69) is 9.80 Å². The Morgan fingerprint density at radius 1 is 0.952 bits per heavy atom. The molecule has 0 spiro atoms. The van der Waals surface area contributed by atoms with Crippen LogP contribution < -0.4 is 0 Å². The summed E-state index contributed by atoms with van der Waals surface area (Å²) in [5.41, 5.74) is 1.23. The molecule has 2 bridgehead atoms. The number of nitrogens with zero attached hydrogens (tertiary/aromatic N) is 2. The predicted molar refractivity (Wildman–Crippen MR) is 82.5 cm³/mol. The van der Waals surface area contributed by atoms with Crippen LogP contribution >= 0.6 is 0 Å². The molecule has 1 aromatic carbocycles. The van der Waals surface area contributed by atoms with E-state index in [0.29, 0.717) is 0 Å². The molecule has 3 fully saturated rings. The highest BCUT2D eigenvalue weighted by molar-refractivity contribution is 5.16. The molecule has 1 aliphatic heterocycles. The van der Waals surface area contributed by atoms with Gasteiger partial charge in [-0.25, -0.2) is 4.39 Å². The number of hydrogen-bond acceptors (Lipinski definition) is 2. The van der Waals surface area contributed by atoms with E-state index >= 15 is 0 Å².